The van der Waals surface area contributed by atoms with Crippen LogP contribution in [0.3, 0.4) is 0 Å². The number of halogens is 1. The Morgan fingerprint density at radius 2 is 1.93 bits per heavy atom. The van der Waals surface area contributed by atoms with Crippen LogP contribution in [0.25, 0.3) is 0 Å². The highest BCUT2D eigenvalue weighted by Crippen LogP contribution is 2.17. The van der Waals surface area contributed by atoms with Crippen molar-refractivity contribution in [3.05, 3.63) is 65.2 Å². The fourth-order valence-electron chi connectivity index (χ4n) is 1.25. The summed E-state index contributed by atoms with van der Waals surface area (Å²) in [5.41, 5.74) is 1.14. The molecule has 0 spiro atoms. The SMILES string of the molecule is Clc1[c]ccc(OCc2ccccc2)c1. The van der Waals surface area contributed by atoms with E-state index in [4.69, 9.17) is 16.3 Å². The monoisotopic (exact) mass is 217 g/mol. The minimum atomic E-state index is 0.557. The van der Waals surface area contributed by atoms with Crippen molar-refractivity contribution in [2.75, 3.05) is 0 Å². The zero-order chi connectivity index (χ0) is 10.5. The molecule has 2 rings (SSSR count). The molecule has 15 heavy (non-hydrogen) atoms. The van der Waals surface area contributed by atoms with Gasteiger partial charge in [0.05, 0.1) is 5.02 Å². The minimum absolute atomic E-state index is 0.557. The Hall–Kier alpha value is -1.47. The summed E-state index contributed by atoms with van der Waals surface area (Å²) in [5, 5.41) is 0.570. The summed E-state index contributed by atoms with van der Waals surface area (Å²) in [6, 6.07) is 18.2. The molecule has 2 aromatic carbocycles. The molecule has 0 saturated carbocycles. The minimum Gasteiger partial charge on any atom is -0.489 e. The molecule has 0 heterocycles. The topological polar surface area (TPSA) is 9.23 Å². The molecule has 0 aliphatic rings. The van der Waals surface area contributed by atoms with Crippen LogP contribution in [0.2, 0.25) is 5.02 Å². The summed E-state index contributed by atoms with van der Waals surface area (Å²) in [4.78, 5) is 0. The number of hydrogen-bond acceptors (Lipinski definition) is 1. The van der Waals surface area contributed by atoms with Crippen LogP contribution < -0.4 is 4.74 Å². The van der Waals surface area contributed by atoms with Gasteiger partial charge < -0.3 is 4.74 Å². The first-order valence-corrected chi connectivity index (χ1v) is 5.06. The van der Waals surface area contributed by atoms with Crippen molar-refractivity contribution >= 4 is 11.6 Å². The number of benzene rings is 2. The lowest BCUT2D eigenvalue weighted by molar-refractivity contribution is 0.306. The Morgan fingerprint density at radius 1 is 1.13 bits per heavy atom. The Balaban J connectivity index is 1.99. The van der Waals surface area contributed by atoms with Gasteiger partial charge in [-0.1, -0.05) is 41.9 Å². The summed E-state index contributed by atoms with van der Waals surface area (Å²) in [6.07, 6.45) is 0. The molecule has 0 N–H and O–H groups in total. The third-order valence-corrected chi connectivity index (χ3v) is 2.20. The van der Waals surface area contributed by atoms with Crippen LogP contribution in [0.5, 0.6) is 5.75 Å². The van der Waals surface area contributed by atoms with Gasteiger partial charge in [0.25, 0.3) is 0 Å². The lowest BCUT2D eigenvalue weighted by atomic mass is 10.2. The zero-order valence-corrected chi connectivity index (χ0v) is 8.87. The number of rotatable bonds is 3. The lowest BCUT2D eigenvalue weighted by Gasteiger charge is -2.05. The molecule has 0 amide bonds. The molecule has 0 aromatic heterocycles. The molecule has 2 heteroatoms. The predicted molar refractivity (Wildman–Crippen MR) is 61.1 cm³/mol. The number of ether oxygens (including phenoxy) is 1. The highest BCUT2D eigenvalue weighted by Gasteiger charge is 1.95. The second kappa shape index (κ2) is 4.85. The van der Waals surface area contributed by atoms with Crippen LogP contribution in [-0.4, -0.2) is 0 Å². The third-order valence-electron chi connectivity index (χ3n) is 1.99. The third kappa shape index (κ3) is 3.00. The summed E-state index contributed by atoms with van der Waals surface area (Å²) in [6.45, 7) is 0.557. The fraction of sp³-hybridized carbons (Fsp3) is 0.0769. The summed E-state index contributed by atoms with van der Waals surface area (Å²) in [7, 11) is 0. The highest BCUT2D eigenvalue weighted by molar-refractivity contribution is 6.30. The normalized spacial score (nSPS) is 9.93. The largest absolute Gasteiger partial charge is 0.489 e. The molecule has 0 unspecified atom stereocenters. The first-order valence-electron chi connectivity index (χ1n) is 4.68. The summed E-state index contributed by atoms with van der Waals surface area (Å²) >= 11 is 5.79. The quantitative estimate of drug-likeness (QED) is 0.762. The van der Waals surface area contributed by atoms with E-state index in [0.717, 1.165) is 11.3 Å². The van der Waals surface area contributed by atoms with Crippen molar-refractivity contribution in [2.45, 2.75) is 6.61 Å². The predicted octanol–water partition coefficient (Wildman–Crippen LogP) is 3.72. The van der Waals surface area contributed by atoms with E-state index in [2.05, 4.69) is 6.07 Å². The van der Waals surface area contributed by atoms with Gasteiger partial charge in [-0.2, -0.15) is 0 Å². The van der Waals surface area contributed by atoms with Crippen molar-refractivity contribution in [1.82, 2.24) is 0 Å². The second-order valence-electron chi connectivity index (χ2n) is 3.15. The van der Waals surface area contributed by atoms with Crippen molar-refractivity contribution in [3.8, 4) is 5.75 Å². The van der Waals surface area contributed by atoms with Gasteiger partial charge in [-0.15, -0.1) is 0 Å². The molecule has 0 atom stereocenters. The van der Waals surface area contributed by atoms with E-state index >= 15 is 0 Å². The van der Waals surface area contributed by atoms with Crippen LogP contribution >= 0.6 is 11.6 Å². The van der Waals surface area contributed by atoms with E-state index in [0.29, 0.717) is 11.6 Å². The van der Waals surface area contributed by atoms with Crippen LogP contribution in [0.4, 0.5) is 0 Å². The first kappa shape index (κ1) is 10.1. The van der Waals surface area contributed by atoms with Crippen molar-refractivity contribution < 1.29 is 4.74 Å². The maximum Gasteiger partial charge on any atom is 0.121 e. The van der Waals surface area contributed by atoms with Crippen LogP contribution in [-0.2, 0) is 6.61 Å². The molecule has 0 saturated heterocycles. The van der Waals surface area contributed by atoms with Gasteiger partial charge in [0.1, 0.15) is 12.4 Å². The molecule has 0 bridgehead atoms. The van der Waals surface area contributed by atoms with Crippen LogP contribution in [0, 0.1) is 6.07 Å². The standard InChI is InChI=1S/C13H10ClO/c14-12-7-4-8-13(9-12)15-10-11-5-2-1-3-6-11/h1-6,8-9H,10H2. The summed E-state index contributed by atoms with van der Waals surface area (Å²) in [5.74, 6) is 0.766. The molecule has 1 radical (unpaired) electrons. The molecule has 0 aliphatic carbocycles. The van der Waals surface area contributed by atoms with E-state index in [1.54, 1.807) is 12.1 Å². The van der Waals surface area contributed by atoms with Gasteiger partial charge in [-0.05, 0) is 23.8 Å². The van der Waals surface area contributed by atoms with Crippen LogP contribution in [0.15, 0.2) is 48.5 Å². The Bertz CT molecular complexity index is 426. The zero-order valence-electron chi connectivity index (χ0n) is 8.11. The molecule has 0 aliphatic heterocycles. The summed E-state index contributed by atoms with van der Waals surface area (Å²) < 4.78 is 5.57. The first-order chi connectivity index (χ1) is 7.34. The Kier molecular flexibility index (Phi) is 3.25. The highest BCUT2D eigenvalue weighted by atomic mass is 35.5. The van der Waals surface area contributed by atoms with Gasteiger partial charge in [0.2, 0.25) is 0 Å². The van der Waals surface area contributed by atoms with Gasteiger partial charge in [-0.25, -0.2) is 0 Å². The fourth-order valence-corrected chi connectivity index (χ4v) is 1.42. The van der Waals surface area contributed by atoms with E-state index in [-0.39, 0.29) is 0 Å². The maximum atomic E-state index is 5.79. The van der Waals surface area contributed by atoms with Gasteiger partial charge in [0, 0.05) is 6.07 Å². The van der Waals surface area contributed by atoms with Crippen molar-refractivity contribution in [2.24, 2.45) is 0 Å². The molecule has 0 fully saturated rings. The average Bonchev–Trinajstić information content (AvgIpc) is 2.28. The molecule has 1 nitrogen and oxygen atoms in total. The average molecular weight is 218 g/mol. The van der Waals surface area contributed by atoms with Gasteiger partial charge in [0.15, 0.2) is 0 Å². The Morgan fingerprint density at radius 3 is 2.67 bits per heavy atom. The van der Waals surface area contributed by atoms with Crippen molar-refractivity contribution in [1.29, 1.82) is 0 Å². The van der Waals surface area contributed by atoms with E-state index in [1.165, 1.54) is 0 Å². The van der Waals surface area contributed by atoms with E-state index in [1.807, 2.05) is 36.4 Å². The van der Waals surface area contributed by atoms with Gasteiger partial charge >= 0.3 is 0 Å². The molecule has 2 aromatic rings. The maximum absolute atomic E-state index is 5.79. The van der Waals surface area contributed by atoms with E-state index < -0.39 is 0 Å². The van der Waals surface area contributed by atoms with Gasteiger partial charge in [-0.3, -0.25) is 0 Å². The molecular weight excluding hydrogens is 208 g/mol. The number of hydrogen-bond donors (Lipinski definition) is 0. The second-order valence-corrected chi connectivity index (χ2v) is 3.55. The Labute approximate surface area is 94.3 Å². The lowest BCUT2D eigenvalue weighted by Crippen LogP contribution is -1.94. The van der Waals surface area contributed by atoms with Crippen LogP contribution in [0.1, 0.15) is 5.56 Å². The molecular formula is C13H10ClO. The smallest absolute Gasteiger partial charge is 0.121 e. The van der Waals surface area contributed by atoms with E-state index in [9.17, 15) is 0 Å². The molecule has 75 valence electrons. The van der Waals surface area contributed by atoms with Crippen molar-refractivity contribution in [3.63, 3.8) is 0 Å².